The van der Waals surface area contributed by atoms with Gasteiger partial charge in [0.1, 0.15) is 5.60 Å². The summed E-state index contributed by atoms with van der Waals surface area (Å²) in [5.41, 5.74) is 1.31. The molecule has 0 radical (unpaired) electrons. The lowest BCUT2D eigenvalue weighted by molar-refractivity contribution is 0.0516. The number of hydrogen-bond donors (Lipinski definition) is 3. The van der Waals surface area contributed by atoms with Crippen molar-refractivity contribution in [3.63, 3.8) is 0 Å². The van der Waals surface area contributed by atoms with Crippen LogP contribution in [-0.4, -0.2) is 29.9 Å². The van der Waals surface area contributed by atoms with Crippen molar-refractivity contribution in [1.29, 1.82) is 0 Å². The fourth-order valence-corrected chi connectivity index (χ4v) is 2.14. The second-order valence-corrected chi connectivity index (χ2v) is 7.08. The van der Waals surface area contributed by atoms with Crippen LogP contribution in [0.3, 0.4) is 0 Å². The number of rotatable bonds is 7. The maximum Gasteiger partial charge on any atom is 0.407 e. The first-order chi connectivity index (χ1) is 10.7. The van der Waals surface area contributed by atoms with Gasteiger partial charge in [-0.05, 0) is 38.7 Å². The van der Waals surface area contributed by atoms with Gasteiger partial charge in [0.2, 0.25) is 0 Å². The van der Waals surface area contributed by atoms with Gasteiger partial charge in [0, 0.05) is 24.3 Å². The topological polar surface area (TPSA) is 70.6 Å². The molecule has 0 aromatic heterocycles. The van der Waals surface area contributed by atoms with Crippen molar-refractivity contribution >= 4 is 11.8 Å². The lowest BCUT2D eigenvalue weighted by Gasteiger charge is -2.25. The highest BCUT2D eigenvalue weighted by Crippen LogP contribution is 2.17. The molecule has 1 rings (SSSR count). The molecule has 5 nitrogen and oxygen atoms in total. The quantitative estimate of drug-likeness (QED) is 0.719. The average Bonchev–Trinajstić information content (AvgIpc) is 2.45. The zero-order valence-corrected chi connectivity index (χ0v) is 14.8. The predicted octanol–water partition coefficient (Wildman–Crippen LogP) is 3.39. The minimum Gasteiger partial charge on any atom is -0.444 e. The van der Waals surface area contributed by atoms with Crippen molar-refractivity contribution in [2.75, 3.05) is 18.4 Å². The Labute approximate surface area is 139 Å². The van der Waals surface area contributed by atoms with Crippen LogP contribution in [0.2, 0.25) is 0 Å². The Bertz CT molecular complexity index is 495. The van der Waals surface area contributed by atoms with Crippen molar-refractivity contribution in [1.82, 2.24) is 5.32 Å². The van der Waals surface area contributed by atoms with Gasteiger partial charge in [0.15, 0.2) is 0 Å². The van der Waals surface area contributed by atoms with E-state index in [9.17, 15) is 9.90 Å². The van der Waals surface area contributed by atoms with E-state index in [2.05, 4.69) is 24.5 Å². The first kappa shape index (κ1) is 19.3. The minimum atomic E-state index is -0.490. The summed E-state index contributed by atoms with van der Waals surface area (Å²) in [5.74, 6) is 0.660. The smallest absolute Gasteiger partial charge is 0.407 e. The number of amides is 1. The number of para-hydroxylation sites is 1. The van der Waals surface area contributed by atoms with Gasteiger partial charge >= 0.3 is 6.09 Å². The zero-order valence-electron chi connectivity index (χ0n) is 14.8. The van der Waals surface area contributed by atoms with E-state index in [1.54, 1.807) is 0 Å². The van der Waals surface area contributed by atoms with Gasteiger partial charge in [0.25, 0.3) is 0 Å². The van der Waals surface area contributed by atoms with Crippen LogP contribution in [0.5, 0.6) is 0 Å². The summed E-state index contributed by atoms with van der Waals surface area (Å²) >= 11 is 0. The molecule has 1 aromatic carbocycles. The maximum atomic E-state index is 11.8. The SMILES string of the molecule is CC(C)C(CNC(=O)OC(C)(C)C)CNc1ccccc1CO. The number of aliphatic hydroxyl groups is 1. The normalized spacial score (nSPS) is 12.8. The lowest BCUT2D eigenvalue weighted by Crippen LogP contribution is -2.38. The van der Waals surface area contributed by atoms with E-state index in [0.29, 0.717) is 19.0 Å². The monoisotopic (exact) mass is 322 g/mol. The number of benzene rings is 1. The molecule has 0 heterocycles. The van der Waals surface area contributed by atoms with Crippen LogP contribution in [-0.2, 0) is 11.3 Å². The molecular weight excluding hydrogens is 292 g/mol. The number of anilines is 1. The maximum absolute atomic E-state index is 11.8. The third-order valence-electron chi connectivity index (χ3n) is 3.59. The number of ether oxygens (including phenoxy) is 1. The number of aliphatic hydroxyl groups excluding tert-OH is 1. The molecule has 23 heavy (non-hydrogen) atoms. The van der Waals surface area contributed by atoms with Crippen LogP contribution >= 0.6 is 0 Å². The zero-order chi connectivity index (χ0) is 17.5. The molecule has 0 bridgehead atoms. The second kappa shape index (κ2) is 8.77. The molecule has 0 spiro atoms. The molecule has 0 aliphatic carbocycles. The van der Waals surface area contributed by atoms with Crippen LogP contribution in [0.4, 0.5) is 10.5 Å². The molecular formula is C18H30N2O3. The molecule has 3 N–H and O–H groups in total. The Morgan fingerprint density at radius 2 is 1.87 bits per heavy atom. The van der Waals surface area contributed by atoms with Gasteiger partial charge < -0.3 is 20.5 Å². The highest BCUT2D eigenvalue weighted by atomic mass is 16.6. The minimum absolute atomic E-state index is 0.00563. The Hall–Kier alpha value is -1.75. The summed E-state index contributed by atoms with van der Waals surface area (Å²) < 4.78 is 5.26. The molecule has 1 amide bonds. The third kappa shape index (κ3) is 7.37. The van der Waals surface area contributed by atoms with E-state index in [1.807, 2.05) is 45.0 Å². The first-order valence-electron chi connectivity index (χ1n) is 8.12. The van der Waals surface area contributed by atoms with E-state index >= 15 is 0 Å². The van der Waals surface area contributed by atoms with Crippen molar-refractivity contribution in [2.24, 2.45) is 11.8 Å². The largest absolute Gasteiger partial charge is 0.444 e. The third-order valence-corrected chi connectivity index (χ3v) is 3.59. The highest BCUT2D eigenvalue weighted by Gasteiger charge is 2.19. The van der Waals surface area contributed by atoms with Crippen LogP contribution in [0.25, 0.3) is 0 Å². The van der Waals surface area contributed by atoms with Crippen LogP contribution in [0.1, 0.15) is 40.2 Å². The average molecular weight is 322 g/mol. The number of alkyl carbamates (subject to hydrolysis) is 1. The fraction of sp³-hybridized carbons (Fsp3) is 0.611. The molecule has 1 unspecified atom stereocenters. The molecule has 0 saturated heterocycles. The number of nitrogens with one attached hydrogen (secondary N) is 2. The predicted molar refractivity (Wildman–Crippen MR) is 93.4 cm³/mol. The summed E-state index contributed by atoms with van der Waals surface area (Å²) in [7, 11) is 0. The molecule has 130 valence electrons. The Morgan fingerprint density at radius 3 is 2.43 bits per heavy atom. The lowest BCUT2D eigenvalue weighted by atomic mass is 9.95. The van der Waals surface area contributed by atoms with Gasteiger partial charge in [-0.25, -0.2) is 4.79 Å². The van der Waals surface area contributed by atoms with Crippen molar-refractivity contribution in [3.05, 3.63) is 29.8 Å². The molecule has 0 saturated carbocycles. The molecule has 1 atom stereocenters. The van der Waals surface area contributed by atoms with Crippen LogP contribution < -0.4 is 10.6 Å². The number of hydrogen-bond acceptors (Lipinski definition) is 4. The van der Waals surface area contributed by atoms with E-state index < -0.39 is 5.60 Å². The molecule has 0 aliphatic heterocycles. The Kier molecular flexibility index (Phi) is 7.36. The summed E-state index contributed by atoms with van der Waals surface area (Å²) in [6.07, 6.45) is -0.390. The van der Waals surface area contributed by atoms with Gasteiger partial charge in [-0.2, -0.15) is 0 Å². The number of carbonyl (C=O) groups excluding carboxylic acids is 1. The molecule has 0 aliphatic rings. The van der Waals surface area contributed by atoms with Crippen molar-refractivity contribution < 1.29 is 14.6 Å². The van der Waals surface area contributed by atoms with Gasteiger partial charge in [-0.15, -0.1) is 0 Å². The number of carbonyl (C=O) groups is 1. The van der Waals surface area contributed by atoms with E-state index in [1.165, 1.54) is 0 Å². The first-order valence-corrected chi connectivity index (χ1v) is 8.12. The van der Waals surface area contributed by atoms with Crippen molar-refractivity contribution in [3.8, 4) is 0 Å². The van der Waals surface area contributed by atoms with Crippen molar-refractivity contribution in [2.45, 2.75) is 46.8 Å². The Balaban J connectivity index is 2.54. The molecule has 1 aromatic rings. The summed E-state index contributed by atoms with van der Waals surface area (Å²) in [6, 6.07) is 7.68. The van der Waals surface area contributed by atoms with E-state index in [-0.39, 0.29) is 18.6 Å². The standard InChI is InChI=1S/C18H30N2O3/c1-13(2)15(11-20-17(22)23-18(3,4)5)10-19-16-9-7-6-8-14(16)12-21/h6-9,13,15,19,21H,10-12H2,1-5H3,(H,20,22). The summed E-state index contributed by atoms with van der Waals surface area (Å²) in [5, 5.41) is 15.6. The van der Waals surface area contributed by atoms with E-state index in [4.69, 9.17) is 4.74 Å². The fourth-order valence-electron chi connectivity index (χ4n) is 2.14. The highest BCUT2D eigenvalue weighted by molar-refractivity contribution is 5.67. The van der Waals surface area contributed by atoms with Crippen LogP contribution in [0, 0.1) is 11.8 Å². The van der Waals surface area contributed by atoms with Gasteiger partial charge in [0.05, 0.1) is 6.61 Å². The van der Waals surface area contributed by atoms with E-state index in [0.717, 1.165) is 11.3 Å². The molecule has 5 heteroatoms. The Morgan fingerprint density at radius 1 is 1.22 bits per heavy atom. The molecule has 0 fully saturated rings. The van der Waals surface area contributed by atoms with Gasteiger partial charge in [-0.1, -0.05) is 32.0 Å². The second-order valence-electron chi connectivity index (χ2n) is 7.08. The van der Waals surface area contributed by atoms with Gasteiger partial charge in [-0.3, -0.25) is 0 Å². The van der Waals surface area contributed by atoms with Crippen LogP contribution in [0.15, 0.2) is 24.3 Å². The summed E-state index contributed by atoms with van der Waals surface area (Å²) in [4.78, 5) is 11.8. The summed E-state index contributed by atoms with van der Waals surface area (Å²) in [6.45, 7) is 11.1.